The van der Waals surface area contributed by atoms with Gasteiger partial charge < -0.3 is 14.5 Å². The third-order valence-corrected chi connectivity index (χ3v) is 4.62. The maximum absolute atomic E-state index is 13.0. The van der Waals surface area contributed by atoms with Crippen molar-refractivity contribution in [1.82, 2.24) is 9.88 Å². The highest BCUT2D eigenvalue weighted by molar-refractivity contribution is 5.82. The van der Waals surface area contributed by atoms with E-state index in [2.05, 4.69) is 16.0 Å². The van der Waals surface area contributed by atoms with Crippen LogP contribution in [0.4, 0.5) is 5.69 Å². The average Bonchev–Trinajstić information content (AvgIpc) is 2.89. The maximum atomic E-state index is 13.0. The van der Waals surface area contributed by atoms with Crippen LogP contribution in [0.5, 0.6) is 0 Å². The van der Waals surface area contributed by atoms with Gasteiger partial charge in [0.15, 0.2) is 6.10 Å². The summed E-state index contributed by atoms with van der Waals surface area (Å²) in [5.41, 5.74) is 3.09. The molecule has 1 atom stereocenters. The number of aromatic nitrogens is 1. The molecule has 0 N–H and O–H groups in total. The van der Waals surface area contributed by atoms with Gasteiger partial charge in [-0.2, -0.15) is 0 Å². The highest BCUT2D eigenvalue weighted by Crippen LogP contribution is 2.22. The topological polar surface area (TPSA) is 45.7 Å². The van der Waals surface area contributed by atoms with Crippen molar-refractivity contribution in [1.29, 1.82) is 0 Å². The average molecular weight is 339 g/mol. The minimum absolute atomic E-state index is 0.0430. The number of methoxy groups -OCH3 is 1. The second-order valence-corrected chi connectivity index (χ2v) is 6.35. The molecule has 1 saturated heterocycles. The van der Waals surface area contributed by atoms with E-state index in [0.717, 1.165) is 37.3 Å². The van der Waals surface area contributed by atoms with Gasteiger partial charge in [0, 0.05) is 50.9 Å². The molecule has 132 valence electrons. The molecule has 25 heavy (non-hydrogen) atoms. The van der Waals surface area contributed by atoms with Crippen LogP contribution in [0.3, 0.4) is 0 Å². The maximum Gasteiger partial charge on any atom is 0.256 e. The third kappa shape index (κ3) is 4.17. The Bertz CT molecular complexity index is 705. The van der Waals surface area contributed by atoms with E-state index in [1.165, 1.54) is 5.69 Å². The van der Waals surface area contributed by atoms with Crippen LogP contribution < -0.4 is 4.90 Å². The lowest BCUT2D eigenvalue weighted by atomic mass is 10.1. The molecule has 0 spiro atoms. The number of rotatable bonds is 4. The Hall–Kier alpha value is -2.40. The van der Waals surface area contributed by atoms with Gasteiger partial charge in [0.25, 0.3) is 5.91 Å². The van der Waals surface area contributed by atoms with Gasteiger partial charge >= 0.3 is 0 Å². The molecule has 5 heteroatoms. The number of pyridine rings is 1. The molecule has 1 aromatic heterocycles. The van der Waals surface area contributed by atoms with Crippen molar-refractivity contribution in [3.05, 3.63) is 59.9 Å². The van der Waals surface area contributed by atoms with Crippen molar-refractivity contribution in [3.8, 4) is 0 Å². The standard InChI is InChI=1S/C20H25N3O2/c1-16-15-18(9-10-21-16)22-11-6-12-23(14-13-22)20(24)19(25-2)17-7-4-3-5-8-17/h3-5,7-10,15,19H,6,11-14H2,1-2H3. The van der Waals surface area contributed by atoms with E-state index in [1.54, 1.807) is 7.11 Å². The zero-order chi connectivity index (χ0) is 17.6. The van der Waals surface area contributed by atoms with Crippen molar-refractivity contribution in [2.45, 2.75) is 19.4 Å². The SMILES string of the molecule is COC(C(=O)N1CCCN(c2ccnc(C)c2)CC1)c1ccccc1. The molecule has 1 aromatic carbocycles. The molecular weight excluding hydrogens is 314 g/mol. The van der Waals surface area contributed by atoms with Crippen LogP contribution in [-0.4, -0.2) is 49.1 Å². The molecule has 0 saturated carbocycles. The van der Waals surface area contributed by atoms with Gasteiger partial charge in [-0.15, -0.1) is 0 Å². The Morgan fingerprint density at radius 3 is 2.64 bits per heavy atom. The first kappa shape index (κ1) is 17.4. The van der Waals surface area contributed by atoms with Gasteiger partial charge in [-0.3, -0.25) is 9.78 Å². The lowest BCUT2D eigenvalue weighted by molar-refractivity contribution is -0.142. The first-order valence-electron chi connectivity index (χ1n) is 8.73. The number of carbonyl (C=O) groups excluding carboxylic acids is 1. The van der Waals surface area contributed by atoms with E-state index in [-0.39, 0.29) is 5.91 Å². The molecule has 1 aliphatic heterocycles. The molecule has 1 amide bonds. The second-order valence-electron chi connectivity index (χ2n) is 6.35. The summed E-state index contributed by atoms with van der Waals surface area (Å²) in [6, 6.07) is 13.8. The van der Waals surface area contributed by atoms with Gasteiger partial charge in [0.05, 0.1) is 0 Å². The van der Waals surface area contributed by atoms with E-state index in [0.29, 0.717) is 6.54 Å². The highest BCUT2D eigenvalue weighted by atomic mass is 16.5. The molecule has 2 aromatic rings. The molecule has 2 heterocycles. The Balaban J connectivity index is 1.69. The van der Waals surface area contributed by atoms with Crippen LogP contribution >= 0.6 is 0 Å². The Morgan fingerprint density at radius 2 is 1.92 bits per heavy atom. The fraction of sp³-hybridized carbons (Fsp3) is 0.400. The van der Waals surface area contributed by atoms with Gasteiger partial charge in [0.1, 0.15) is 0 Å². The highest BCUT2D eigenvalue weighted by Gasteiger charge is 2.27. The normalized spacial score (nSPS) is 16.4. The summed E-state index contributed by atoms with van der Waals surface area (Å²) in [6.07, 6.45) is 2.25. The lowest BCUT2D eigenvalue weighted by Gasteiger charge is -2.26. The van der Waals surface area contributed by atoms with Crippen LogP contribution in [0.1, 0.15) is 23.8 Å². The van der Waals surface area contributed by atoms with Crippen LogP contribution in [-0.2, 0) is 9.53 Å². The summed E-state index contributed by atoms with van der Waals surface area (Å²) in [5.74, 6) is 0.0430. The number of aryl methyl sites for hydroxylation is 1. The summed E-state index contributed by atoms with van der Waals surface area (Å²) in [5, 5.41) is 0. The fourth-order valence-corrected chi connectivity index (χ4v) is 3.30. The minimum Gasteiger partial charge on any atom is -0.370 e. The number of hydrogen-bond donors (Lipinski definition) is 0. The van der Waals surface area contributed by atoms with Crippen LogP contribution in [0.25, 0.3) is 0 Å². The molecule has 1 aliphatic rings. The summed E-state index contributed by atoms with van der Waals surface area (Å²) in [4.78, 5) is 21.5. The molecule has 5 nitrogen and oxygen atoms in total. The Morgan fingerprint density at radius 1 is 1.12 bits per heavy atom. The molecular formula is C20H25N3O2. The van der Waals surface area contributed by atoms with Crippen LogP contribution in [0, 0.1) is 6.92 Å². The zero-order valence-corrected chi connectivity index (χ0v) is 14.9. The Kier molecular flexibility index (Phi) is 5.66. The van der Waals surface area contributed by atoms with Crippen LogP contribution in [0.15, 0.2) is 48.7 Å². The predicted molar refractivity (Wildman–Crippen MR) is 98.6 cm³/mol. The van der Waals surface area contributed by atoms with Crippen molar-refractivity contribution in [2.75, 3.05) is 38.2 Å². The van der Waals surface area contributed by atoms with Crippen LogP contribution in [0.2, 0.25) is 0 Å². The smallest absolute Gasteiger partial charge is 0.256 e. The molecule has 1 fully saturated rings. The van der Waals surface area contributed by atoms with Gasteiger partial charge in [-0.1, -0.05) is 30.3 Å². The van der Waals surface area contributed by atoms with E-state index < -0.39 is 6.10 Å². The van der Waals surface area contributed by atoms with E-state index in [9.17, 15) is 4.79 Å². The number of amides is 1. The van der Waals surface area contributed by atoms with Crippen molar-refractivity contribution < 1.29 is 9.53 Å². The summed E-state index contributed by atoms with van der Waals surface area (Å²) in [6.45, 7) is 5.22. The van der Waals surface area contributed by atoms with Gasteiger partial charge in [-0.25, -0.2) is 0 Å². The van der Waals surface area contributed by atoms with Gasteiger partial charge in [-0.05, 0) is 31.0 Å². The fourth-order valence-electron chi connectivity index (χ4n) is 3.30. The minimum atomic E-state index is -0.532. The molecule has 0 radical (unpaired) electrons. The van der Waals surface area contributed by atoms with Gasteiger partial charge in [0.2, 0.25) is 0 Å². The van der Waals surface area contributed by atoms with Crippen molar-refractivity contribution >= 4 is 11.6 Å². The molecule has 0 aliphatic carbocycles. The quantitative estimate of drug-likeness (QED) is 0.859. The largest absolute Gasteiger partial charge is 0.370 e. The molecule has 1 unspecified atom stereocenters. The number of hydrogen-bond acceptors (Lipinski definition) is 4. The number of ether oxygens (including phenoxy) is 1. The number of benzene rings is 1. The van der Waals surface area contributed by atoms with E-state index >= 15 is 0 Å². The number of carbonyl (C=O) groups is 1. The zero-order valence-electron chi connectivity index (χ0n) is 14.9. The van der Waals surface area contributed by atoms with Crippen molar-refractivity contribution in [2.24, 2.45) is 0 Å². The van der Waals surface area contributed by atoms with E-state index in [1.807, 2.05) is 54.4 Å². The summed E-state index contributed by atoms with van der Waals surface area (Å²) in [7, 11) is 1.60. The third-order valence-electron chi connectivity index (χ3n) is 4.62. The molecule has 3 rings (SSSR count). The first-order chi connectivity index (χ1) is 12.2. The summed E-state index contributed by atoms with van der Waals surface area (Å²) >= 11 is 0. The van der Waals surface area contributed by atoms with Crippen molar-refractivity contribution in [3.63, 3.8) is 0 Å². The number of anilines is 1. The predicted octanol–water partition coefficient (Wildman–Crippen LogP) is 2.82. The second kappa shape index (κ2) is 8.12. The Labute approximate surface area is 149 Å². The summed E-state index contributed by atoms with van der Waals surface area (Å²) < 4.78 is 5.51. The van der Waals surface area contributed by atoms with E-state index in [4.69, 9.17) is 4.74 Å². The number of nitrogens with zero attached hydrogens (tertiary/aromatic N) is 3. The monoisotopic (exact) mass is 339 g/mol. The first-order valence-corrected chi connectivity index (χ1v) is 8.73. The lowest BCUT2D eigenvalue weighted by Crippen LogP contribution is -2.38. The molecule has 0 bridgehead atoms.